The van der Waals surface area contributed by atoms with E-state index in [0.717, 1.165) is 5.69 Å². The molecule has 0 aliphatic heterocycles. The van der Waals surface area contributed by atoms with Crippen LogP contribution in [-0.4, -0.2) is 4.98 Å². The maximum atomic E-state index is 4.26. The molecule has 0 aliphatic rings. The molecule has 0 aromatic carbocycles. The number of hydrogen-bond donors (Lipinski definition) is 0. The van der Waals surface area contributed by atoms with Gasteiger partial charge in [0.2, 0.25) is 0 Å². The van der Waals surface area contributed by atoms with Gasteiger partial charge in [0.1, 0.15) is 0 Å². The van der Waals surface area contributed by atoms with Crippen LogP contribution in [0.25, 0.3) is 0 Å². The Hall–Kier alpha value is -0.850. The number of nitrogens with zero attached hydrogens (tertiary/aromatic N) is 1. The fourth-order valence-corrected chi connectivity index (χ4v) is 1.23. The Kier molecular flexibility index (Phi) is 3.78. The average molecular weight is 163 g/mol. The van der Waals surface area contributed by atoms with Crippen LogP contribution in [0.3, 0.4) is 0 Å². The Morgan fingerprint density at radius 2 is 2.08 bits per heavy atom. The predicted molar refractivity (Wildman–Crippen MR) is 52.2 cm³/mol. The van der Waals surface area contributed by atoms with Crippen LogP contribution < -0.4 is 0 Å². The van der Waals surface area contributed by atoms with Gasteiger partial charge in [0.25, 0.3) is 0 Å². The molecule has 1 aromatic heterocycles. The molecule has 12 heavy (non-hydrogen) atoms. The number of hydrogen-bond acceptors (Lipinski definition) is 1. The predicted octanol–water partition coefficient (Wildman–Crippen LogP) is 3.12. The van der Waals surface area contributed by atoms with Crippen molar-refractivity contribution in [3.63, 3.8) is 0 Å². The van der Waals surface area contributed by atoms with Crippen molar-refractivity contribution in [2.75, 3.05) is 0 Å². The molecular weight excluding hydrogens is 146 g/mol. The second-order valence-electron chi connectivity index (χ2n) is 3.26. The van der Waals surface area contributed by atoms with Crippen molar-refractivity contribution in [1.82, 2.24) is 4.98 Å². The fraction of sp³-hybridized carbons (Fsp3) is 0.545. The summed E-state index contributed by atoms with van der Waals surface area (Å²) in [5.74, 6) is 0. The zero-order chi connectivity index (χ0) is 8.81. The van der Waals surface area contributed by atoms with Crippen molar-refractivity contribution in [3.05, 3.63) is 29.6 Å². The molecule has 0 spiro atoms. The van der Waals surface area contributed by atoms with Gasteiger partial charge in [0.05, 0.1) is 0 Å². The second kappa shape index (κ2) is 4.91. The van der Waals surface area contributed by atoms with Crippen molar-refractivity contribution in [1.29, 1.82) is 0 Å². The van der Waals surface area contributed by atoms with E-state index in [1.165, 1.54) is 31.2 Å². The minimum atomic E-state index is 1.11. The van der Waals surface area contributed by atoms with Crippen LogP contribution in [0.5, 0.6) is 0 Å². The molecule has 0 radical (unpaired) electrons. The van der Waals surface area contributed by atoms with Gasteiger partial charge in [0, 0.05) is 11.9 Å². The number of aromatic nitrogens is 1. The standard InChI is InChI=1S/C11H17N/c1-3-4-5-6-11-8-7-10(2)12-9-11/h7-9H,3-6H2,1-2H3. The molecule has 0 N–H and O–H groups in total. The van der Waals surface area contributed by atoms with Crippen LogP contribution in [0.4, 0.5) is 0 Å². The van der Waals surface area contributed by atoms with E-state index in [4.69, 9.17) is 0 Å². The van der Waals surface area contributed by atoms with Gasteiger partial charge >= 0.3 is 0 Å². The van der Waals surface area contributed by atoms with E-state index in [-0.39, 0.29) is 0 Å². The first kappa shape index (κ1) is 9.24. The minimum absolute atomic E-state index is 1.11. The van der Waals surface area contributed by atoms with Crippen LogP contribution in [0.1, 0.15) is 37.4 Å². The summed E-state index contributed by atoms with van der Waals surface area (Å²) in [6.45, 7) is 4.25. The number of unbranched alkanes of at least 4 members (excludes halogenated alkanes) is 2. The highest BCUT2D eigenvalue weighted by Crippen LogP contribution is 2.05. The summed E-state index contributed by atoms with van der Waals surface area (Å²) in [4.78, 5) is 4.26. The molecule has 0 bridgehead atoms. The zero-order valence-corrected chi connectivity index (χ0v) is 8.01. The highest BCUT2D eigenvalue weighted by atomic mass is 14.6. The van der Waals surface area contributed by atoms with Gasteiger partial charge in [-0.2, -0.15) is 0 Å². The third kappa shape index (κ3) is 3.04. The smallest absolute Gasteiger partial charge is 0.0372 e. The van der Waals surface area contributed by atoms with Gasteiger partial charge in [-0.1, -0.05) is 25.8 Å². The molecule has 0 atom stereocenters. The van der Waals surface area contributed by atoms with Gasteiger partial charge in [-0.25, -0.2) is 0 Å². The van der Waals surface area contributed by atoms with E-state index in [1.807, 2.05) is 13.1 Å². The Labute approximate surface area is 74.8 Å². The summed E-state index contributed by atoms with van der Waals surface area (Å²) in [6, 6.07) is 4.26. The van der Waals surface area contributed by atoms with Crippen LogP contribution >= 0.6 is 0 Å². The van der Waals surface area contributed by atoms with Crippen molar-refractivity contribution < 1.29 is 0 Å². The van der Waals surface area contributed by atoms with Crippen molar-refractivity contribution in [2.24, 2.45) is 0 Å². The highest BCUT2D eigenvalue weighted by molar-refractivity contribution is 5.12. The molecule has 1 aromatic rings. The zero-order valence-electron chi connectivity index (χ0n) is 8.01. The molecule has 0 fully saturated rings. The summed E-state index contributed by atoms with van der Waals surface area (Å²) < 4.78 is 0. The van der Waals surface area contributed by atoms with E-state index < -0.39 is 0 Å². The lowest BCUT2D eigenvalue weighted by molar-refractivity contribution is 0.715. The fourth-order valence-electron chi connectivity index (χ4n) is 1.23. The second-order valence-corrected chi connectivity index (χ2v) is 3.26. The third-order valence-corrected chi connectivity index (χ3v) is 2.04. The number of rotatable bonds is 4. The van der Waals surface area contributed by atoms with Crippen molar-refractivity contribution in [3.8, 4) is 0 Å². The van der Waals surface area contributed by atoms with E-state index in [0.29, 0.717) is 0 Å². The normalized spacial score (nSPS) is 10.2. The molecule has 1 heterocycles. The first-order valence-corrected chi connectivity index (χ1v) is 4.74. The molecule has 66 valence electrons. The molecule has 0 unspecified atom stereocenters. The van der Waals surface area contributed by atoms with E-state index in [9.17, 15) is 0 Å². The Bertz CT molecular complexity index is 213. The van der Waals surface area contributed by atoms with Crippen molar-refractivity contribution >= 4 is 0 Å². The summed E-state index contributed by atoms with van der Waals surface area (Å²) in [6.07, 6.45) is 7.08. The molecule has 0 amide bonds. The SMILES string of the molecule is CCCCCc1ccc(C)nc1. The molecular formula is C11H17N. The lowest BCUT2D eigenvalue weighted by Gasteiger charge is -1.99. The third-order valence-electron chi connectivity index (χ3n) is 2.04. The first-order valence-electron chi connectivity index (χ1n) is 4.74. The highest BCUT2D eigenvalue weighted by Gasteiger charge is 1.92. The first-order chi connectivity index (χ1) is 5.83. The summed E-state index contributed by atoms with van der Waals surface area (Å²) >= 11 is 0. The van der Waals surface area contributed by atoms with Gasteiger partial charge < -0.3 is 0 Å². The lowest BCUT2D eigenvalue weighted by atomic mass is 10.1. The summed E-state index contributed by atoms with van der Waals surface area (Å²) in [7, 11) is 0. The van der Waals surface area contributed by atoms with Gasteiger partial charge in [-0.15, -0.1) is 0 Å². The van der Waals surface area contributed by atoms with Crippen molar-refractivity contribution in [2.45, 2.75) is 39.5 Å². The topological polar surface area (TPSA) is 12.9 Å². The summed E-state index contributed by atoms with van der Waals surface area (Å²) in [5, 5.41) is 0. The van der Waals surface area contributed by atoms with Crippen LogP contribution in [0.15, 0.2) is 18.3 Å². The monoisotopic (exact) mass is 163 g/mol. The molecule has 1 rings (SSSR count). The molecule has 1 heteroatoms. The van der Waals surface area contributed by atoms with E-state index in [2.05, 4.69) is 24.0 Å². The summed E-state index contributed by atoms with van der Waals surface area (Å²) in [5.41, 5.74) is 2.48. The minimum Gasteiger partial charge on any atom is -0.261 e. The quantitative estimate of drug-likeness (QED) is 0.621. The number of aryl methyl sites for hydroxylation is 2. The maximum Gasteiger partial charge on any atom is 0.0372 e. The molecule has 1 nitrogen and oxygen atoms in total. The van der Waals surface area contributed by atoms with Gasteiger partial charge in [0.15, 0.2) is 0 Å². The Balaban J connectivity index is 2.37. The van der Waals surface area contributed by atoms with E-state index >= 15 is 0 Å². The lowest BCUT2D eigenvalue weighted by Crippen LogP contribution is -1.87. The van der Waals surface area contributed by atoms with E-state index in [1.54, 1.807) is 0 Å². The maximum absolute atomic E-state index is 4.26. The average Bonchev–Trinajstić information content (AvgIpc) is 2.09. The van der Waals surface area contributed by atoms with Crippen LogP contribution in [0, 0.1) is 6.92 Å². The molecule has 0 saturated heterocycles. The van der Waals surface area contributed by atoms with Crippen LogP contribution in [-0.2, 0) is 6.42 Å². The molecule has 0 aliphatic carbocycles. The Morgan fingerprint density at radius 1 is 1.25 bits per heavy atom. The number of pyridine rings is 1. The van der Waals surface area contributed by atoms with Crippen LogP contribution in [0.2, 0.25) is 0 Å². The van der Waals surface area contributed by atoms with Gasteiger partial charge in [-0.05, 0) is 31.4 Å². The Morgan fingerprint density at radius 3 is 2.67 bits per heavy atom. The molecule has 0 saturated carbocycles. The van der Waals surface area contributed by atoms with Gasteiger partial charge in [-0.3, -0.25) is 4.98 Å². The largest absolute Gasteiger partial charge is 0.261 e.